The van der Waals surface area contributed by atoms with Gasteiger partial charge in [-0.3, -0.25) is 0 Å². The van der Waals surface area contributed by atoms with Crippen molar-refractivity contribution in [2.45, 2.75) is 51.5 Å². The van der Waals surface area contributed by atoms with Crippen LogP contribution in [0.15, 0.2) is 18.2 Å². The minimum absolute atomic E-state index is 0.328. The van der Waals surface area contributed by atoms with Gasteiger partial charge in [0.15, 0.2) is 0 Å². The maximum atomic E-state index is 9.10. The monoisotopic (exact) mass is 259 g/mol. The molecule has 1 unspecified atom stereocenters. The van der Waals surface area contributed by atoms with E-state index < -0.39 is 0 Å². The van der Waals surface area contributed by atoms with Crippen LogP contribution in [0, 0.1) is 5.41 Å². The highest BCUT2D eigenvalue weighted by Crippen LogP contribution is 2.48. The van der Waals surface area contributed by atoms with Gasteiger partial charge in [-0.2, -0.15) is 0 Å². The maximum absolute atomic E-state index is 9.10. The average Bonchev–Trinajstić information content (AvgIpc) is 3.02. The molecule has 0 saturated heterocycles. The van der Waals surface area contributed by atoms with Crippen molar-refractivity contribution in [3.05, 3.63) is 34.9 Å². The van der Waals surface area contributed by atoms with E-state index >= 15 is 0 Å². The van der Waals surface area contributed by atoms with Gasteiger partial charge in [-0.25, -0.2) is 0 Å². The molecule has 1 aromatic rings. The van der Waals surface area contributed by atoms with E-state index in [4.69, 9.17) is 5.11 Å². The Morgan fingerprint density at radius 1 is 1.26 bits per heavy atom. The van der Waals surface area contributed by atoms with Gasteiger partial charge < -0.3 is 10.4 Å². The van der Waals surface area contributed by atoms with Gasteiger partial charge in [0.05, 0.1) is 0 Å². The number of aliphatic hydroxyl groups excluding tert-OH is 1. The molecule has 19 heavy (non-hydrogen) atoms. The van der Waals surface area contributed by atoms with Gasteiger partial charge in [-0.15, -0.1) is 0 Å². The molecule has 1 saturated carbocycles. The number of hydrogen-bond donors (Lipinski definition) is 2. The van der Waals surface area contributed by atoms with Gasteiger partial charge in [0.2, 0.25) is 0 Å². The standard InChI is InChI=1S/C17H25NO/c1-13(18-12-17(7-8-17)9-10-19)15-6-5-14-3-2-4-16(14)11-15/h5-6,11,13,18-19H,2-4,7-10,12H2,1H3. The molecule has 1 atom stereocenters. The second kappa shape index (κ2) is 5.26. The van der Waals surface area contributed by atoms with Crippen LogP contribution in [0.4, 0.5) is 0 Å². The Kier molecular flexibility index (Phi) is 3.64. The number of nitrogens with one attached hydrogen (secondary N) is 1. The molecule has 0 aliphatic heterocycles. The van der Waals surface area contributed by atoms with Crippen LogP contribution >= 0.6 is 0 Å². The summed E-state index contributed by atoms with van der Waals surface area (Å²) in [5.74, 6) is 0. The number of rotatable bonds is 6. The maximum Gasteiger partial charge on any atom is 0.0436 e. The number of aryl methyl sites for hydroxylation is 2. The van der Waals surface area contributed by atoms with E-state index in [0.717, 1.165) is 13.0 Å². The lowest BCUT2D eigenvalue weighted by Crippen LogP contribution is -2.27. The normalized spacial score (nSPS) is 21.2. The van der Waals surface area contributed by atoms with E-state index in [1.807, 2.05) is 0 Å². The third-order valence-corrected chi connectivity index (χ3v) is 5.01. The van der Waals surface area contributed by atoms with Crippen LogP contribution in [0.5, 0.6) is 0 Å². The SMILES string of the molecule is CC(NCC1(CCO)CC1)c1ccc2c(c1)CCC2. The molecule has 0 amide bonds. The highest BCUT2D eigenvalue weighted by molar-refractivity contribution is 5.36. The summed E-state index contributed by atoms with van der Waals surface area (Å²) in [5, 5.41) is 12.8. The fourth-order valence-electron chi connectivity index (χ4n) is 3.28. The Hall–Kier alpha value is -0.860. The van der Waals surface area contributed by atoms with E-state index in [0.29, 0.717) is 18.1 Å². The zero-order valence-electron chi connectivity index (χ0n) is 11.9. The first-order valence-corrected chi connectivity index (χ1v) is 7.68. The molecule has 0 spiro atoms. The Bertz CT molecular complexity index is 451. The van der Waals surface area contributed by atoms with Crippen molar-refractivity contribution in [1.82, 2.24) is 5.32 Å². The van der Waals surface area contributed by atoms with Gasteiger partial charge in [0.25, 0.3) is 0 Å². The molecule has 0 aromatic heterocycles. The molecule has 3 rings (SSSR count). The van der Waals surface area contributed by atoms with Gasteiger partial charge in [-0.1, -0.05) is 18.2 Å². The minimum atomic E-state index is 0.328. The molecule has 2 aliphatic carbocycles. The van der Waals surface area contributed by atoms with Crippen molar-refractivity contribution in [3.8, 4) is 0 Å². The Morgan fingerprint density at radius 2 is 2.05 bits per heavy atom. The van der Waals surface area contributed by atoms with E-state index in [-0.39, 0.29) is 0 Å². The molecular weight excluding hydrogens is 234 g/mol. The van der Waals surface area contributed by atoms with Crippen molar-refractivity contribution in [2.75, 3.05) is 13.2 Å². The summed E-state index contributed by atoms with van der Waals surface area (Å²) in [6.07, 6.45) is 7.34. The summed E-state index contributed by atoms with van der Waals surface area (Å²) in [7, 11) is 0. The molecule has 2 nitrogen and oxygen atoms in total. The van der Waals surface area contributed by atoms with E-state index in [2.05, 4.69) is 30.4 Å². The smallest absolute Gasteiger partial charge is 0.0436 e. The Morgan fingerprint density at radius 3 is 2.79 bits per heavy atom. The van der Waals surface area contributed by atoms with E-state index in [9.17, 15) is 0 Å². The highest BCUT2D eigenvalue weighted by Gasteiger charge is 2.41. The molecule has 2 heteroatoms. The van der Waals surface area contributed by atoms with Crippen molar-refractivity contribution < 1.29 is 5.11 Å². The first kappa shape index (κ1) is 13.1. The van der Waals surface area contributed by atoms with Gasteiger partial charge in [0, 0.05) is 19.2 Å². The van der Waals surface area contributed by atoms with Crippen LogP contribution in [-0.2, 0) is 12.8 Å². The fourth-order valence-corrected chi connectivity index (χ4v) is 3.28. The highest BCUT2D eigenvalue weighted by atomic mass is 16.3. The summed E-state index contributed by atoms with van der Waals surface area (Å²) < 4.78 is 0. The third-order valence-electron chi connectivity index (χ3n) is 5.01. The largest absolute Gasteiger partial charge is 0.396 e. The van der Waals surface area contributed by atoms with Crippen molar-refractivity contribution >= 4 is 0 Å². The Balaban J connectivity index is 1.59. The number of hydrogen-bond acceptors (Lipinski definition) is 2. The number of aliphatic hydroxyl groups is 1. The third kappa shape index (κ3) is 2.85. The van der Waals surface area contributed by atoms with Crippen LogP contribution in [0.25, 0.3) is 0 Å². The summed E-state index contributed by atoms with van der Waals surface area (Å²) in [6.45, 7) is 3.63. The summed E-state index contributed by atoms with van der Waals surface area (Å²) in [6, 6.07) is 7.41. The van der Waals surface area contributed by atoms with E-state index in [1.165, 1.54) is 37.7 Å². The van der Waals surface area contributed by atoms with Gasteiger partial charge in [-0.05, 0) is 67.6 Å². The van der Waals surface area contributed by atoms with Gasteiger partial charge >= 0.3 is 0 Å². The molecule has 2 aliphatic rings. The molecule has 1 fully saturated rings. The minimum Gasteiger partial charge on any atom is -0.396 e. The van der Waals surface area contributed by atoms with Crippen LogP contribution in [0.1, 0.15) is 55.3 Å². The zero-order chi connectivity index (χ0) is 13.3. The lowest BCUT2D eigenvalue weighted by molar-refractivity contribution is 0.243. The Labute approximate surface area is 116 Å². The summed E-state index contributed by atoms with van der Waals surface area (Å²) >= 11 is 0. The second-order valence-electron chi connectivity index (χ2n) is 6.46. The van der Waals surface area contributed by atoms with Crippen LogP contribution in [0.3, 0.4) is 0 Å². The van der Waals surface area contributed by atoms with Crippen LogP contribution < -0.4 is 5.32 Å². The second-order valence-corrected chi connectivity index (χ2v) is 6.46. The molecule has 0 heterocycles. The first-order chi connectivity index (χ1) is 9.22. The number of fused-ring (bicyclic) bond motifs is 1. The summed E-state index contributed by atoms with van der Waals surface area (Å²) in [5.41, 5.74) is 4.93. The molecule has 0 bridgehead atoms. The topological polar surface area (TPSA) is 32.3 Å². The molecular formula is C17H25NO. The van der Waals surface area contributed by atoms with Crippen LogP contribution in [0.2, 0.25) is 0 Å². The molecule has 0 radical (unpaired) electrons. The molecule has 2 N–H and O–H groups in total. The first-order valence-electron chi connectivity index (χ1n) is 7.68. The lowest BCUT2D eigenvalue weighted by atomic mass is 9.99. The van der Waals surface area contributed by atoms with Crippen molar-refractivity contribution in [1.29, 1.82) is 0 Å². The average molecular weight is 259 g/mol. The predicted molar refractivity (Wildman–Crippen MR) is 78.3 cm³/mol. The quantitative estimate of drug-likeness (QED) is 0.823. The van der Waals surface area contributed by atoms with E-state index in [1.54, 1.807) is 11.1 Å². The van der Waals surface area contributed by atoms with Crippen molar-refractivity contribution in [3.63, 3.8) is 0 Å². The zero-order valence-corrected chi connectivity index (χ0v) is 11.9. The number of benzene rings is 1. The predicted octanol–water partition coefficient (Wildman–Crippen LogP) is 2.99. The van der Waals surface area contributed by atoms with Crippen molar-refractivity contribution in [2.24, 2.45) is 5.41 Å². The fraction of sp³-hybridized carbons (Fsp3) is 0.647. The lowest BCUT2D eigenvalue weighted by Gasteiger charge is -2.20. The summed E-state index contributed by atoms with van der Waals surface area (Å²) in [4.78, 5) is 0. The molecule has 1 aromatic carbocycles. The van der Waals surface area contributed by atoms with Crippen LogP contribution in [-0.4, -0.2) is 18.3 Å². The van der Waals surface area contributed by atoms with Gasteiger partial charge in [0.1, 0.15) is 0 Å². The molecule has 104 valence electrons.